The normalized spacial score (nSPS) is 12.4. The van der Waals surface area contributed by atoms with Crippen LogP contribution < -0.4 is 5.69 Å². The van der Waals surface area contributed by atoms with Crippen LogP contribution in [-0.2, 0) is 6.54 Å². The highest BCUT2D eigenvalue weighted by molar-refractivity contribution is 5.35. The number of hydrogen-bond donors (Lipinski definition) is 0. The average Bonchev–Trinajstić information content (AvgIpc) is 2.71. The van der Waals surface area contributed by atoms with Gasteiger partial charge in [-0.15, -0.1) is 5.10 Å². The Morgan fingerprint density at radius 3 is 2.70 bits per heavy atom. The molecule has 2 rings (SSSR count). The highest BCUT2D eigenvalue weighted by Gasteiger charge is 2.26. The fourth-order valence-corrected chi connectivity index (χ4v) is 1.81. The van der Waals surface area contributed by atoms with E-state index in [1.165, 1.54) is 14.0 Å². The lowest BCUT2D eigenvalue weighted by Crippen LogP contribution is -2.31. The summed E-state index contributed by atoms with van der Waals surface area (Å²) in [6.07, 6.45) is -3.41. The van der Waals surface area contributed by atoms with Crippen LogP contribution in [0.2, 0.25) is 0 Å². The number of alkyl halides is 3. The quantitative estimate of drug-likeness (QED) is 0.835. The van der Waals surface area contributed by atoms with Crippen molar-refractivity contribution in [2.75, 3.05) is 20.1 Å². The average molecular weight is 288 g/mol. The van der Waals surface area contributed by atoms with Crippen molar-refractivity contribution in [1.29, 1.82) is 0 Å². The molecular formula is C12H15F3N4O. The molecule has 2 aromatic heterocycles. The Kier molecular flexibility index (Phi) is 4.12. The predicted octanol–water partition coefficient (Wildman–Crippen LogP) is 1.38. The summed E-state index contributed by atoms with van der Waals surface area (Å²) in [6.45, 7) is 0.500. The van der Waals surface area contributed by atoms with Gasteiger partial charge < -0.3 is 4.90 Å². The van der Waals surface area contributed by atoms with E-state index < -0.39 is 12.6 Å². The van der Waals surface area contributed by atoms with Gasteiger partial charge in [0.05, 0.1) is 13.0 Å². The van der Waals surface area contributed by atoms with Gasteiger partial charge in [-0.1, -0.05) is 6.07 Å². The van der Waals surface area contributed by atoms with Gasteiger partial charge in [-0.2, -0.15) is 13.2 Å². The number of likely N-dealkylation sites (N-methyl/N-ethyl adjacent to an activating group) is 1. The van der Waals surface area contributed by atoms with Gasteiger partial charge in [-0.05, 0) is 19.2 Å². The second kappa shape index (κ2) is 5.66. The summed E-state index contributed by atoms with van der Waals surface area (Å²) < 4.78 is 38.9. The largest absolute Gasteiger partial charge is 0.390 e. The van der Waals surface area contributed by atoms with E-state index >= 15 is 0 Å². The van der Waals surface area contributed by atoms with Gasteiger partial charge >= 0.3 is 11.9 Å². The van der Waals surface area contributed by atoms with Crippen molar-refractivity contribution in [2.45, 2.75) is 19.1 Å². The number of pyridine rings is 1. The molecule has 0 amide bonds. The molecule has 0 aliphatic carbocycles. The van der Waals surface area contributed by atoms with E-state index in [2.05, 4.69) is 5.10 Å². The van der Waals surface area contributed by atoms with Crippen LogP contribution in [0.3, 0.4) is 0 Å². The second-order valence-corrected chi connectivity index (χ2v) is 4.60. The van der Waals surface area contributed by atoms with Crippen LogP contribution >= 0.6 is 0 Å². The van der Waals surface area contributed by atoms with Crippen molar-refractivity contribution < 1.29 is 13.2 Å². The summed E-state index contributed by atoms with van der Waals surface area (Å²) in [5, 5.41) is 4.11. The van der Waals surface area contributed by atoms with E-state index in [4.69, 9.17) is 0 Å². The second-order valence-electron chi connectivity index (χ2n) is 4.60. The van der Waals surface area contributed by atoms with Crippen molar-refractivity contribution in [1.82, 2.24) is 19.1 Å². The van der Waals surface area contributed by atoms with Crippen molar-refractivity contribution in [3.8, 4) is 0 Å². The number of halogens is 3. The van der Waals surface area contributed by atoms with Crippen molar-refractivity contribution in [3.63, 3.8) is 0 Å². The molecule has 5 nitrogen and oxygen atoms in total. The molecule has 0 atom stereocenters. The molecule has 2 aromatic rings. The Labute approximate surface area is 113 Å². The molecule has 0 bridgehead atoms. The topological polar surface area (TPSA) is 42.5 Å². The summed E-state index contributed by atoms with van der Waals surface area (Å²) >= 11 is 0. The first-order chi connectivity index (χ1) is 9.37. The zero-order valence-corrected chi connectivity index (χ0v) is 11.0. The fourth-order valence-electron chi connectivity index (χ4n) is 1.81. The molecule has 0 N–H and O–H groups in total. The Hall–Kier alpha value is -1.83. The Morgan fingerprint density at radius 2 is 2.05 bits per heavy atom. The van der Waals surface area contributed by atoms with Crippen LogP contribution in [0.1, 0.15) is 6.42 Å². The maximum atomic E-state index is 12.1. The molecule has 0 aliphatic rings. The Balaban J connectivity index is 1.96. The van der Waals surface area contributed by atoms with Crippen molar-refractivity contribution in [2.24, 2.45) is 0 Å². The van der Waals surface area contributed by atoms with Crippen molar-refractivity contribution >= 4 is 5.65 Å². The number of aromatic nitrogens is 3. The molecular weight excluding hydrogens is 273 g/mol. The third-order valence-corrected chi connectivity index (χ3v) is 2.96. The van der Waals surface area contributed by atoms with Gasteiger partial charge in [0.2, 0.25) is 0 Å². The third kappa shape index (κ3) is 3.60. The van der Waals surface area contributed by atoms with E-state index in [1.54, 1.807) is 31.4 Å². The minimum atomic E-state index is -4.16. The molecule has 0 radical (unpaired) electrons. The molecule has 0 spiro atoms. The van der Waals surface area contributed by atoms with Gasteiger partial charge in [0.15, 0.2) is 5.65 Å². The van der Waals surface area contributed by atoms with Crippen LogP contribution in [0.15, 0.2) is 29.2 Å². The number of nitrogens with zero attached hydrogens (tertiary/aromatic N) is 4. The molecule has 0 saturated carbocycles. The minimum Gasteiger partial charge on any atom is -0.304 e. The van der Waals surface area contributed by atoms with Gasteiger partial charge in [0.1, 0.15) is 0 Å². The molecule has 110 valence electrons. The smallest absolute Gasteiger partial charge is 0.304 e. The molecule has 0 saturated heterocycles. The van der Waals surface area contributed by atoms with Crippen LogP contribution in [0, 0.1) is 0 Å². The SMILES string of the molecule is CN(CCn1nc2ccccn2c1=O)CCC(F)(F)F. The van der Waals surface area contributed by atoms with E-state index in [0.29, 0.717) is 12.2 Å². The lowest BCUT2D eigenvalue weighted by molar-refractivity contribution is -0.137. The van der Waals surface area contributed by atoms with Crippen LogP contribution in [0.4, 0.5) is 13.2 Å². The highest BCUT2D eigenvalue weighted by atomic mass is 19.4. The number of rotatable bonds is 5. The fraction of sp³-hybridized carbons (Fsp3) is 0.500. The maximum Gasteiger partial charge on any atom is 0.390 e. The Morgan fingerprint density at radius 1 is 1.30 bits per heavy atom. The van der Waals surface area contributed by atoms with Crippen LogP contribution in [0.5, 0.6) is 0 Å². The molecule has 0 aliphatic heterocycles. The minimum absolute atomic E-state index is 0.0916. The Bertz CT molecular complexity index is 631. The first kappa shape index (κ1) is 14.6. The van der Waals surface area contributed by atoms with Gasteiger partial charge in [-0.3, -0.25) is 4.40 Å². The highest BCUT2D eigenvalue weighted by Crippen LogP contribution is 2.19. The zero-order valence-electron chi connectivity index (χ0n) is 11.0. The van der Waals surface area contributed by atoms with Gasteiger partial charge in [0.25, 0.3) is 0 Å². The standard InChI is InChI=1S/C12H15F3N4O/c1-17(7-5-12(13,14)15)8-9-19-11(20)18-6-3-2-4-10(18)16-19/h2-4,6H,5,7-9H2,1H3. The van der Waals surface area contributed by atoms with Crippen LogP contribution in [0.25, 0.3) is 5.65 Å². The molecule has 0 fully saturated rings. The van der Waals surface area contributed by atoms with E-state index in [1.807, 2.05) is 0 Å². The van der Waals surface area contributed by atoms with Crippen molar-refractivity contribution in [3.05, 3.63) is 34.9 Å². The first-order valence-electron chi connectivity index (χ1n) is 6.16. The van der Waals surface area contributed by atoms with Gasteiger partial charge in [-0.25, -0.2) is 9.48 Å². The summed E-state index contributed by atoms with van der Waals surface area (Å²) in [5.74, 6) is 0. The molecule has 0 unspecified atom stereocenters. The first-order valence-corrected chi connectivity index (χ1v) is 6.16. The van der Waals surface area contributed by atoms with Crippen LogP contribution in [-0.4, -0.2) is 45.4 Å². The van der Waals surface area contributed by atoms with E-state index in [9.17, 15) is 18.0 Å². The summed E-state index contributed by atoms with van der Waals surface area (Å²) in [4.78, 5) is 13.5. The van der Waals surface area contributed by atoms with Gasteiger partial charge in [0, 0.05) is 19.3 Å². The summed E-state index contributed by atoms with van der Waals surface area (Å²) in [6, 6.07) is 5.18. The molecule has 0 aromatic carbocycles. The summed E-state index contributed by atoms with van der Waals surface area (Å²) in [7, 11) is 1.59. The molecule has 2 heterocycles. The molecule has 20 heavy (non-hydrogen) atoms. The lowest BCUT2D eigenvalue weighted by atomic mass is 10.4. The maximum absolute atomic E-state index is 12.1. The molecule has 8 heteroatoms. The van der Waals surface area contributed by atoms with E-state index in [0.717, 1.165) is 0 Å². The number of hydrogen-bond acceptors (Lipinski definition) is 3. The summed E-state index contributed by atoms with van der Waals surface area (Å²) in [5.41, 5.74) is 0.236. The lowest BCUT2D eigenvalue weighted by Gasteiger charge is -2.16. The zero-order chi connectivity index (χ0) is 14.8. The number of fused-ring (bicyclic) bond motifs is 1. The monoisotopic (exact) mass is 288 g/mol. The predicted molar refractivity (Wildman–Crippen MR) is 67.6 cm³/mol. The van der Waals surface area contributed by atoms with E-state index in [-0.39, 0.29) is 18.8 Å². The third-order valence-electron chi connectivity index (χ3n) is 2.96.